The molecule has 22 heavy (non-hydrogen) atoms. The SMILES string of the molecule is O=C(NC(=S)NCC1CCN(C(=O)O)CC1)c1ccccc1. The Balaban J connectivity index is 1.70. The minimum Gasteiger partial charge on any atom is -0.465 e. The first-order chi connectivity index (χ1) is 10.6. The molecule has 0 bridgehead atoms. The number of rotatable bonds is 3. The molecule has 0 aliphatic carbocycles. The van der Waals surface area contributed by atoms with Crippen LogP contribution in [0.5, 0.6) is 0 Å². The molecule has 0 saturated carbocycles. The van der Waals surface area contributed by atoms with E-state index < -0.39 is 6.09 Å². The Labute approximate surface area is 134 Å². The van der Waals surface area contributed by atoms with Crippen molar-refractivity contribution in [1.82, 2.24) is 15.5 Å². The summed E-state index contributed by atoms with van der Waals surface area (Å²) in [6.45, 7) is 1.73. The number of likely N-dealkylation sites (tertiary alicyclic amines) is 1. The highest BCUT2D eigenvalue weighted by Gasteiger charge is 2.22. The van der Waals surface area contributed by atoms with Crippen molar-refractivity contribution < 1.29 is 14.7 Å². The molecule has 0 atom stereocenters. The van der Waals surface area contributed by atoms with E-state index in [0.717, 1.165) is 12.8 Å². The van der Waals surface area contributed by atoms with Gasteiger partial charge in [0, 0.05) is 25.2 Å². The van der Waals surface area contributed by atoms with Gasteiger partial charge in [-0.1, -0.05) is 18.2 Å². The average Bonchev–Trinajstić information content (AvgIpc) is 2.54. The lowest BCUT2D eigenvalue weighted by atomic mass is 9.97. The fourth-order valence-corrected chi connectivity index (χ4v) is 2.55. The maximum absolute atomic E-state index is 11.9. The summed E-state index contributed by atoms with van der Waals surface area (Å²) >= 11 is 5.12. The van der Waals surface area contributed by atoms with Crippen molar-refractivity contribution in [2.45, 2.75) is 12.8 Å². The van der Waals surface area contributed by atoms with Crippen LogP contribution in [0.4, 0.5) is 4.79 Å². The van der Waals surface area contributed by atoms with Crippen molar-refractivity contribution in [1.29, 1.82) is 0 Å². The van der Waals surface area contributed by atoms with Crippen molar-refractivity contribution in [3.05, 3.63) is 35.9 Å². The van der Waals surface area contributed by atoms with E-state index in [1.807, 2.05) is 6.07 Å². The second-order valence-corrected chi connectivity index (χ2v) is 5.65. The molecule has 7 heteroatoms. The summed E-state index contributed by atoms with van der Waals surface area (Å²) in [7, 11) is 0. The summed E-state index contributed by atoms with van der Waals surface area (Å²) in [6.07, 6.45) is 0.736. The summed E-state index contributed by atoms with van der Waals surface area (Å²) in [5.74, 6) is 0.126. The van der Waals surface area contributed by atoms with Crippen LogP contribution >= 0.6 is 12.2 Å². The number of amides is 2. The number of thiocarbonyl (C=S) groups is 1. The van der Waals surface area contributed by atoms with Gasteiger partial charge >= 0.3 is 6.09 Å². The van der Waals surface area contributed by atoms with E-state index in [9.17, 15) is 9.59 Å². The zero-order valence-corrected chi connectivity index (χ0v) is 12.9. The molecule has 3 N–H and O–H groups in total. The topological polar surface area (TPSA) is 81.7 Å². The van der Waals surface area contributed by atoms with Gasteiger partial charge in [-0.3, -0.25) is 10.1 Å². The summed E-state index contributed by atoms with van der Waals surface area (Å²) in [4.78, 5) is 24.2. The number of carboxylic acid groups (broad SMARTS) is 1. The number of hydrogen-bond donors (Lipinski definition) is 3. The number of hydrogen-bond acceptors (Lipinski definition) is 3. The molecule has 0 spiro atoms. The van der Waals surface area contributed by atoms with Crippen molar-refractivity contribution >= 4 is 29.3 Å². The van der Waals surface area contributed by atoms with Crippen LogP contribution in [0.25, 0.3) is 0 Å². The Bertz CT molecular complexity index is 542. The first-order valence-corrected chi connectivity index (χ1v) is 7.59. The Kier molecular flexibility index (Phi) is 5.71. The van der Waals surface area contributed by atoms with Crippen LogP contribution in [0, 0.1) is 5.92 Å². The highest BCUT2D eigenvalue weighted by Crippen LogP contribution is 2.16. The molecule has 1 aliphatic heterocycles. The van der Waals surface area contributed by atoms with E-state index in [-0.39, 0.29) is 5.91 Å². The van der Waals surface area contributed by atoms with Gasteiger partial charge in [0.1, 0.15) is 0 Å². The van der Waals surface area contributed by atoms with Gasteiger partial charge in [0.15, 0.2) is 5.11 Å². The lowest BCUT2D eigenvalue weighted by Gasteiger charge is -2.30. The second-order valence-electron chi connectivity index (χ2n) is 5.24. The number of carbonyl (C=O) groups excluding carboxylic acids is 1. The number of benzene rings is 1. The van der Waals surface area contributed by atoms with Gasteiger partial charge < -0.3 is 15.3 Å². The van der Waals surface area contributed by atoms with E-state index in [4.69, 9.17) is 17.3 Å². The molecule has 6 nitrogen and oxygen atoms in total. The minimum absolute atomic E-state index is 0.237. The molecule has 0 radical (unpaired) electrons. The largest absolute Gasteiger partial charge is 0.465 e. The molecule has 1 heterocycles. The number of nitrogens with one attached hydrogen (secondary N) is 2. The monoisotopic (exact) mass is 321 g/mol. The highest BCUT2D eigenvalue weighted by molar-refractivity contribution is 7.80. The molecule has 1 aromatic carbocycles. The first-order valence-electron chi connectivity index (χ1n) is 7.18. The van der Waals surface area contributed by atoms with Crippen LogP contribution in [0.2, 0.25) is 0 Å². The fraction of sp³-hybridized carbons (Fsp3) is 0.400. The Morgan fingerprint density at radius 3 is 2.45 bits per heavy atom. The Morgan fingerprint density at radius 1 is 1.23 bits per heavy atom. The van der Waals surface area contributed by atoms with E-state index in [0.29, 0.717) is 36.2 Å². The molecule has 1 saturated heterocycles. The molecule has 1 fully saturated rings. The van der Waals surface area contributed by atoms with Crippen LogP contribution in [-0.4, -0.2) is 46.8 Å². The van der Waals surface area contributed by atoms with Gasteiger partial charge in [-0.2, -0.15) is 0 Å². The average molecular weight is 321 g/mol. The van der Waals surface area contributed by atoms with Crippen molar-refractivity contribution in [3.8, 4) is 0 Å². The molecule has 2 rings (SSSR count). The van der Waals surface area contributed by atoms with Crippen molar-refractivity contribution in [2.24, 2.45) is 5.92 Å². The Morgan fingerprint density at radius 2 is 1.86 bits per heavy atom. The van der Waals surface area contributed by atoms with Crippen LogP contribution in [0.1, 0.15) is 23.2 Å². The van der Waals surface area contributed by atoms with E-state index in [1.54, 1.807) is 24.3 Å². The number of nitrogens with zero attached hydrogens (tertiary/aromatic N) is 1. The normalized spacial score (nSPS) is 15.2. The second kappa shape index (κ2) is 7.74. The van der Waals surface area contributed by atoms with Crippen LogP contribution in [0.15, 0.2) is 30.3 Å². The van der Waals surface area contributed by atoms with Crippen molar-refractivity contribution in [3.63, 3.8) is 0 Å². The van der Waals surface area contributed by atoms with Gasteiger partial charge in [0.25, 0.3) is 5.91 Å². The zero-order chi connectivity index (χ0) is 15.9. The summed E-state index contributed by atoms with van der Waals surface area (Å²) in [5.41, 5.74) is 0.557. The zero-order valence-electron chi connectivity index (χ0n) is 12.1. The molecular formula is C15H19N3O3S. The third kappa shape index (κ3) is 4.70. The third-order valence-electron chi connectivity index (χ3n) is 3.70. The van der Waals surface area contributed by atoms with Crippen LogP contribution < -0.4 is 10.6 Å². The molecule has 0 unspecified atom stereocenters. The Hall–Kier alpha value is -2.15. The number of piperidine rings is 1. The lowest BCUT2D eigenvalue weighted by Crippen LogP contribution is -2.44. The third-order valence-corrected chi connectivity index (χ3v) is 3.95. The van der Waals surface area contributed by atoms with Crippen LogP contribution in [-0.2, 0) is 0 Å². The van der Waals surface area contributed by atoms with E-state index in [1.165, 1.54) is 4.90 Å². The molecule has 1 aromatic rings. The van der Waals surface area contributed by atoms with E-state index >= 15 is 0 Å². The van der Waals surface area contributed by atoms with Gasteiger partial charge in [-0.05, 0) is 43.1 Å². The predicted octanol–water partition coefficient (Wildman–Crippen LogP) is 1.68. The fourth-order valence-electron chi connectivity index (χ4n) is 2.37. The maximum Gasteiger partial charge on any atom is 0.407 e. The molecule has 118 valence electrons. The van der Waals surface area contributed by atoms with E-state index in [2.05, 4.69) is 10.6 Å². The molecule has 2 amide bonds. The first kappa shape index (κ1) is 16.2. The van der Waals surface area contributed by atoms with Gasteiger partial charge in [-0.15, -0.1) is 0 Å². The maximum atomic E-state index is 11.9. The summed E-state index contributed by atoms with van der Waals surface area (Å²) < 4.78 is 0. The lowest BCUT2D eigenvalue weighted by molar-refractivity contribution is 0.0975. The quantitative estimate of drug-likeness (QED) is 0.738. The predicted molar refractivity (Wildman–Crippen MR) is 86.8 cm³/mol. The summed E-state index contributed by atoms with van der Waals surface area (Å²) in [5, 5.41) is 14.9. The van der Waals surface area contributed by atoms with Gasteiger partial charge in [0.05, 0.1) is 0 Å². The van der Waals surface area contributed by atoms with Crippen molar-refractivity contribution in [2.75, 3.05) is 19.6 Å². The minimum atomic E-state index is -0.864. The van der Waals surface area contributed by atoms with Gasteiger partial charge in [0.2, 0.25) is 0 Å². The molecule has 0 aromatic heterocycles. The standard InChI is InChI=1S/C15H19N3O3S/c19-13(12-4-2-1-3-5-12)17-14(22)16-10-11-6-8-18(9-7-11)15(20)21/h1-5,11H,6-10H2,(H,20,21)(H2,16,17,19,22). The smallest absolute Gasteiger partial charge is 0.407 e. The molecular weight excluding hydrogens is 302 g/mol. The van der Waals surface area contributed by atoms with Crippen LogP contribution in [0.3, 0.4) is 0 Å². The highest BCUT2D eigenvalue weighted by atomic mass is 32.1. The molecule has 1 aliphatic rings. The van der Waals surface area contributed by atoms with Gasteiger partial charge in [-0.25, -0.2) is 4.79 Å². The summed E-state index contributed by atoms with van der Waals surface area (Å²) in [6, 6.07) is 8.87. The number of carbonyl (C=O) groups is 2.